The van der Waals surface area contributed by atoms with Crippen molar-refractivity contribution in [3.63, 3.8) is 0 Å². The summed E-state index contributed by atoms with van der Waals surface area (Å²) in [7, 11) is 0. The van der Waals surface area contributed by atoms with E-state index in [0.29, 0.717) is 0 Å². The Balaban J connectivity index is 3.06. The Morgan fingerprint density at radius 2 is 1.55 bits per heavy atom. The molecule has 0 amide bonds. The van der Waals surface area contributed by atoms with E-state index in [1.54, 1.807) is 0 Å². The molecule has 2 unspecified atom stereocenters. The average Bonchev–Trinajstić information content (AvgIpc) is 2.06. The van der Waals surface area contributed by atoms with Gasteiger partial charge in [-0.05, 0) is 0 Å². The first-order valence-electron chi connectivity index (χ1n) is 2.60. The lowest BCUT2D eigenvalue weighted by atomic mass is 10.2. The van der Waals surface area contributed by atoms with Crippen molar-refractivity contribution in [2.24, 2.45) is 0 Å². The minimum absolute atomic E-state index is 2.34. The maximum absolute atomic E-state index is 11.9. The van der Waals surface area contributed by atoms with Crippen molar-refractivity contribution in [3.8, 4) is 0 Å². The van der Waals surface area contributed by atoms with E-state index < -0.39 is 29.9 Å². The molecule has 0 N–H and O–H groups in total. The van der Waals surface area contributed by atoms with Crippen LogP contribution in [-0.4, -0.2) is 18.3 Å². The highest BCUT2D eigenvalue weighted by atomic mass is 19.3. The van der Waals surface area contributed by atoms with Gasteiger partial charge in [0.25, 0.3) is 0 Å². The van der Waals surface area contributed by atoms with Crippen LogP contribution in [0.15, 0.2) is 11.7 Å². The number of allylic oxidation sites excluding steroid dienone is 2. The third-order valence-electron chi connectivity index (χ3n) is 1.35. The van der Waals surface area contributed by atoms with Crippen molar-refractivity contribution in [2.45, 2.75) is 18.3 Å². The summed E-state index contributed by atoms with van der Waals surface area (Å²) < 4.78 is 71.5. The molecule has 0 aromatic carbocycles. The van der Waals surface area contributed by atoms with Crippen LogP contribution in [-0.2, 0) is 0 Å². The Bertz CT molecular complexity index is 207. The Hall–Kier alpha value is -0.680. The van der Waals surface area contributed by atoms with Crippen LogP contribution in [0.5, 0.6) is 0 Å². The van der Waals surface area contributed by atoms with Crippen LogP contribution in [0.2, 0.25) is 0 Å². The zero-order valence-corrected chi connectivity index (χ0v) is 4.92. The van der Waals surface area contributed by atoms with Crippen LogP contribution in [0, 0.1) is 0 Å². The smallest absolute Gasteiger partial charge is 0.237 e. The fourth-order valence-electron chi connectivity index (χ4n) is 0.714. The molecule has 2 atom stereocenters. The van der Waals surface area contributed by atoms with Crippen LogP contribution < -0.4 is 0 Å². The zero-order valence-electron chi connectivity index (χ0n) is 4.92. The van der Waals surface area contributed by atoms with Gasteiger partial charge in [0.15, 0.2) is 12.0 Å². The summed E-state index contributed by atoms with van der Waals surface area (Å²) >= 11 is 0. The first kappa shape index (κ1) is 8.42. The fourth-order valence-corrected chi connectivity index (χ4v) is 0.714. The standard InChI is InChI=1S/C5H2F6/c6-1-2(7)4(9)5(10,11)3(1)8/h1,3H. The lowest BCUT2D eigenvalue weighted by Crippen LogP contribution is -2.30. The molecule has 6 heteroatoms. The molecule has 64 valence electrons. The van der Waals surface area contributed by atoms with Gasteiger partial charge in [-0.3, -0.25) is 0 Å². The number of hydrogen-bond donors (Lipinski definition) is 0. The van der Waals surface area contributed by atoms with Gasteiger partial charge < -0.3 is 0 Å². The van der Waals surface area contributed by atoms with Gasteiger partial charge in [-0.1, -0.05) is 0 Å². The van der Waals surface area contributed by atoms with Gasteiger partial charge in [0.1, 0.15) is 0 Å². The van der Waals surface area contributed by atoms with Gasteiger partial charge in [-0.25, -0.2) is 17.6 Å². The topological polar surface area (TPSA) is 0 Å². The molecular weight excluding hydrogens is 174 g/mol. The Morgan fingerprint density at radius 1 is 1.09 bits per heavy atom. The Morgan fingerprint density at radius 3 is 1.64 bits per heavy atom. The molecule has 0 aromatic heterocycles. The van der Waals surface area contributed by atoms with E-state index in [-0.39, 0.29) is 0 Å². The summed E-state index contributed by atoms with van der Waals surface area (Å²) in [5.41, 5.74) is 0. The van der Waals surface area contributed by atoms with Gasteiger partial charge in [0.2, 0.25) is 12.0 Å². The third-order valence-corrected chi connectivity index (χ3v) is 1.35. The van der Waals surface area contributed by atoms with E-state index >= 15 is 0 Å². The van der Waals surface area contributed by atoms with Crippen molar-refractivity contribution in [2.75, 3.05) is 0 Å². The lowest BCUT2D eigenvalue weighted by Gasteiger charge is -2.10. The van der Waals surface area contributed by atoms with E-state index in [1.165, 1.54) is 0 Å². The maximum Gasteiger partial charge on any atom is 0.335 e. The van der Waals surface area contributed by atoms with Crippen LogP contribution in [0.1, 0.15) is 0 Å². The van der Waals surface area contributed by atoms with Crippen molar-refractivity contribution in [1.29, 1.82) is 0 Å². The first-order chi connectivity index (χ1) is 4.89. The fraction of sp³-hybridized carbons (Fsp3) is 0.600. The molecule has 0 aliphatic heterocycles. The van der Waals surface area contributed by atoms with Gasteiger partial charge in [0, 0.05) is 0 Å². The highest BCUT2D eigenvalue weighted by Gasteiger charge is 2.59. The molecule has 0 fully saturated rings. The molecule has 0 spiro atoms. The van der Waals surface area contributed by atoms with Gasteiger partial charge in [0.05, 0.1) is 0 Å². The number of alkyl halides is 4. The number of halogens is 6. The largest absolute Gasteiger partial charge is 0.335 e. The summed E-state index contributed by atoms with van der Waals surface area (Å²) in [6.45, 7) is 0. The summed E-state index contributed by atoms with van der Waals surface area (Å²) in [5.74, 6) is -9.64. The molecule has 0 bridgehead atoms. The van der Waals surface area contributed by atoms with Gasteiger partial charge in [-0.15, -0.1) is 0 Å². The van der Waals surface area contributed by atoms with Crippen molar-refractivity contribution < 1.29 is 26.3 Å². The second-order valence-corrected chi connectivity index (χ2v) is 2.09. The summed E-state index contributed by atoms with van der Waals surface area (Å²) in [6.07, 6.45) is -6.62. The van der Waals surface area contributed by atoms with Crippen LogP contribution >= 0.6 is 0 Å². The quantitative estimate of drug-likeness (QED) is 0.497. The SMILES string of the molecule is FC1=C(F)C(F)(F)C(F)C1F. The second kappa shape index (κ2) is 2.15. The summed E-state index contributed by atoms with van der Waals surface area (Å²) in [5, 5.41) is 0. The van der Waals surface area contributed by atoms with E-state index in [1.807, 2.05) is 0 Å². The molecule has 11 heavy (non-hydrogen) atoms. The van der Waals surface area contributed by atoms with E-state index in [4.69, 9.17) is 0 Å². The van der Waals surface area contributed by atoms with E-state index in [9.17, 15) is 26.3 Å². The van der Waals surface area contributed by atoms with Crippen molar-refractivity contribution in [1.82, 2.24) is 0 Å². The molecule has 0 aromatic rings. The number of rotatable bonds is 0. The molecule has 0 radical (unpaired) electrons. The van der Waals surface area contributed by atoms with Gasteiger partial charge in [-0.2, -0.15) is 8.78 Å². The zero-order chi connectivity index (χ0) is 8.81. The third kappa shape index (κ3) is 0.918. The monoisotopic (exact) mass is 176 g/mol. The molecule has 1 aliphatic carbocycles. The molecular formula is C5H2F6. The first-order valence-corrected chi connectivity index (χ1v) is 2.60. The second-order valence-electron chi connectivity index (χ2n) is 2.09. The molecule has 1 aliphatic rings. The Kier molecular flexibility index (Phi) is 1.65. The molecule has 1 rings (SSSR count). The average molecular weight is 176 g/mol. The summed E-state index contributed by atoms with van der Waals surface area (Å²) in [4.78, 5) is 0. The van der Waals surface area contributed by atoms with Crippen LogP contribution in [0.25, 0.3) is 0 Å². The van der Waals surface area contributed by atoms with Crippen LogP contribution in [0.3, 0.4) is 0 Å². The lowest BCUT2D eigenvalue weighted by molar-refractivity contribution is -0.0590. The minimum Gasteiger partial charge on any atom is -0.237 e. The molecule has 0 nitrogen and oxygen atoms in total. The van der Waals surface area contributed by atoms with Crippen LogP contribution in [0.4, 0.5) is 26.3 Å². The predicted molar refractivity (Wildman–Crippen MR) is 24.0 cm³/mol. The highest BCUT2D eigenvalue weighted by Crippen LogP contribution is 2.44. The van der Waals surface area contributed by atoms with E-state index in [0.717, 1.165) is 0 Å². The molecule has 0 saturated carbocycles. The Labute approximate surface area is 57.5 Å². The maximum atomic E-state index is 11.9. The highest BCUT2D eigenvalue weighted by molar-refractivity contribution is 5.25. The van der Waals surface area contributed by atoms with Crippen molar-refractivity contribution >= 4 is 0 Å². The molecule has 0 heterocycles. The van der Waals surface area contributed by atoms with Crippen molar-refractivity contribution in [3.05, 3.63) is 11.7 Å². The van der Waals surface area contributed by atoms with E-state index in [2.05, 4.69) is 0 Å². The normalized spacial score (nSPS) is 36.5. The summed E-state index contributed by atoms with van der Waals surface area (Å²) in [6, 6.07) is 0. The molecule has 0 saturated heterocycles. The number of hydrogen-bond acceptors (Lipinski definition) is 0. The van der Waals surface area contributed by atoms with Gasteiger partial charge >= 0.3 is 5.92 Å². The minimum atomic E-state index is -4.65. The predicted octanol–water partition coefficient (Wildman–Crippen LogP) is 2.46.